The van der Waals surface area contributed by atoms with E-state index in [0.717, 1.165) is 73.5 Å². The third-order valence-electron chi connectivity index (χ3n) is 6.44. The summed E-state index contributed by atoms with van der Waals surface area (Å²) in [5.41, 5.74) is 4.86. The number of aromatic nitrogens is 4. The summed E-state index contributed by atoms with van der Waals surface area (Å²) in [6.07, 6.45) is 1.81. The molecule has 172 valence electrons. The fraction of sp³-hybridized carbons (Fsp3) is 0.280. The first-order valence-electron chi connectivity index (χ1n) is 11.5. The highest BCUT2D eigenvalue weighted by atomic mass is 35.5. The standard InChI is InChI=1S/C25H25ClN8/c1-32-12-14-33(15-13-32)18-8-6-17(7-9-18)29-24-30-22(19-4-2-3-5-21(19)26)20-16-28-25-27-10-11-34(25)23(20)31-24/h2-9,16H,10-15H2,1H3,(H,27,28). The lowest BCUT2D eigenvalue weighted by Gasteiger charge is -2.34. The molecule has 0 aromatic heterocycles. The molecule has 4 aliphatic heterocycles. The Balaban J connectivity index is 1.44. The van der Waals surface area contributed by atoms with E-state index in [4.69, 9.17) is 26.6 Å². The molecule has 2 aromatic rings. The molecule has 34 heavy (non-hydrogen) atoms. The monoisotopic (exact) mass is 472 g/mol. The molecule has 6 rings (SSSR count). The molecular formula is C25H25ClN8. The van der Waals surface area contributed by atoms with E-state index in [1.54, 1.807) is 0 Å². The number of nitrogens with zero attached hydrogens (tertiary/aromatic N) is 7. The Morgan fingerprint density at radius 1 is 0.912 bits per heavy atom. The van der Waals surface area contributed by atoms with Crippen molar-refractivity contribution in [2.75, 3.05) is 50.0 Å². The van der Waals surface area contributed by atoms with E-state index >= 15 is 0 Å². The van der Waals surface area contributed by atoms with E-state index in [-0.39, 0.29) is 0 Å². The smallest absolute Gasteiger partial charge is 0.252 e. The highest BCUT2D eigenvalue weighted by Gasteiger charge is 2.23. The second-order valence-corrected chi connectivity index (χ2v) is 9.08. The second kappa shape index (κ2) is 8.70. The van der Waals surface area contributed by atoms with E-state index < -0.39 is 0 Å². The van der Waals surface area contributed by atoms with Crippen LogP contribution >= 0.6 is 11.6 Å². The highest BCUT2D eigenvalue weighted by Crippen LogP contribution is 2.34. The molecule has 0 unspecified atom stereocenters. The Bertz CT molecular complexity index is 1370. The molecule has 0 amide bonds. The van der Waals surface area contributed by atoms with Crippen LogP contribution < -0.4 is 15.8 Å². The summed E-state index contributed by atoms with van der Waals surface area (Å²) in [5, 5.41) is 3.93. The molecule has 0 spiro atoms. The molecule has 8 nitrogen and oxygen atoms in total. The van der Waals surface area contributed by atoms with Crippen molar-refractivity contribution in [2.24, 2.45) is 4.99 Å². The van der Waals surface area contributed by atoms with Crippen LogP contribution in [0.15, 0.2) is 59.7 Å². The normalized spacial score (nSPS) is 16.6. The van der Waals surface area contributed by atoms with Crippen LogP contribution in [0.4, 0.5) is 17.3 Å². The molecule has 0 aliphatic carbocycles. The van der Waals surface area contributed by atoms with Crippen molar-refractivity contribution in [3.05, 3.63) is 65.4 Å². The quantitative estimate of drug-likeness (QED) is 0.492. The largest absolute Gasteiger partial charge is 0.369 e. The Morgan fingerprint density at radius 2 is 1.71 bits per heavy atom. The van der Waals surface area contributed by atoms with Crippen molar-refractivity contribution >= 4 is 28.9 Å². The van der Waals surface area contributed by atoms with E-state index in [0.29, 0.717) is 10.6 Å². The zero-order chi connectivity index (χ0) is 23.1. The Kier molecular flexibility index (Phi) is 5.39. The summed E-state index contributed by atoms with van der Waals surface area (Å²) in [6, 6.07) is 16.0. The third-order valence-corrected chi connectivity index (χ3v) is 6.77. The van der Waals surface area contributed by atoms with Gasteiger partial charge in [0.1, 0.15) is 0 Å². The van der Waals surface area contributed by atoms with Gasteiger partial charge in [0.15, 0.2) is 5.82 Å². The highest BCUT2D eigenvalue weighted by molar-refractivity contribution is 6.33. The summed E-state index contributed by atoms with van der Waals surface area (Å²) in [7, 11) is 2.17. The van der Waals surface area contributed by atoms with Crippen molar-refractivity contribution in [1.29, 1.82) is 0 Å². The number of benzene rings is 2. The number of likely N-dealkylation sites (N-methyl/N-ethyl adjacent to an activating group) is 1. The van der Waals surface area contributed by atoms with Gasteiger partial charge in [-0.1, -0.05) is 29.8 Å². The van der Waals surface area contributed by atoms with Gasteiger partial charge in [0.2, 0.25) is 5.95 Å². The topological polar surface area (TPSA) is 74.5 Å². The van der Waals surface area contributed by atoms with Crippen LogP contribution in [-0.2, 0) is 6.54 Å². The fourth-order valence-electron chi connectivity index (χ4n) is 4.53. The van der Waals surface area contributed by atoms with Gasteiger partial charge in [0.25, 0.3) is 5.62 Å². The van der Waals surface area contributed by atoms with Crippen LogP contribution in [0.1, 0.15) is 0 Å². The number of halogens is 1. The van der Waals surface area contributed by atoms with Gasteiger partial charge < -0.3 is 15.1 Å². The summed E-state index contributed by atoms with van der Waals surface area (Å²) >= 11 is 6.55. The van der Waals surface area contributed by atoms with Gasteiger partial charge in [0.05, 0.1) is 16.9 Å². The minimum atomic E-state index is 0.405. The van der Waals surface area contributed by atoms with Gasteiger partial charge in [0, 0.05) is 61.7 Å². The molecule has 4 aliphatic rings. The first kappa shape index (κ1) is 21.1. The molecule has 4 heterocycles. The molecular weight excluding hydrogens is 448 g/mol. The number of anilines is 2. The van der Waals surface area contributed by atoms with Gasteiger partial charge >= 0.3 is 0 Å². The van der Waals surface area contributed by atoms with Crippen LogP contribution in [0.5, 0.6) is 0 Å². The lowest BCUT2D eigenvalue weighted by Crippen LogP contribution is -2.44. The van der Waals surface area contributed by atoms with Gasteiger partial charge in [-0.25, -0.2) is 15.0 Å². The number of rotatable bonds is 3. The Hall–Kier alpha value is -3.49. The average molecular weight is 473 g/mol. The molecule has 0 bridgehead atoms. The molecule has 1 saturated heterocycles. The van der Waals surface area contributed by atoms with Gasteiger partial charge in [-0.15, -0.1) is 0 Å². The van der Waals surface area contributed by atoms with Crippen molar-refractivity contribution in [3.8, 4) is 22.6 Å². The van der Waals surface area contributed by atoms with E-state index in [1.807, 2.05) is 42.6 Å². The van der Waals surface area contributed by atoms with E-state index in [2.05, 4.69) is 43.8 Å². The molecule has 0 saturated carbocycles. The third kappa shape index (κ3) is 3.89. The van der Waals surface area contributed by atoms with Crippen molar-refractivity contribution in [2.45, 2.75) is 6.54 Å². The SMILES string of the molecule is CN1CCN(c2ccc(N=c3nc(-c4ccccc4Cl)c4cnc5n(c-4n3)CCN5)cc2)CC1. The fourth-order valence-corrected chi connectivity index (χ4v) is 4.75. The summed E-state index contributed by atoms with van der Waals surface area (Å²) in [4.78, 5) is 23.8. The van der Waals surface area contributed by atoms with Crippen LogP contribution in [0.3, 0.4) is 0 Å². The lowest BCUT2D eigenvalue weighted by atomic mass is 10.1. The maximum Gasteiger partial charge on any atom is 0.252 e. The van der Waals surface area contributed by atoms with Crippen LogP contribution in [0, 0.1) is 0 Å². The van der Waals surface area contributed by atoms with Crippen LogP contribution in [0.2, 0.25) is 5.02 Å². The van der Waals surface area contributed by atoms with Crippen molar-refractivity contribution in [3.63, 3.8) is 0 Å². The Labute approximate surface area is 202 Å². The zero-order valence-electron chi connectivity index (χ0n) is 18.9. The number of hydrogen-bond donors (Lipinski definition) is 1. The van der Waals surface area contributed by atoms with Crippen molar-refractivity contribution < 1.29 is 0 Å². The summed E-state index contributed by atoms with van der Waals surface area (Å²) in [5.74, 6) is 1.60. The molecule has 2 aromatic carbocycles. The number of hydrogen-bond acceptors (Lipinski definition) is 7. The number of fused-ring (bicyclic) bond motifs is 3. The maximum absolute atomic E-state index is 6.55. The van der Waals surface area contributed by atoms with Crippen molar-refractivity contribution in [1.82, 2.24) is 24.4 Å². The van der Waals surface area contributed by atoms with E-state index in [9.17, 15) is 0 Å². The molecule has 1 N–H and O–H groups in total. The minimum Gasteiger partial charge on any atom is -0.369 e. The number of nitrogens with one attached hydrogen (secondary N) is 1. The average Bonchev–Trinajstić information content (AvgIpc) is 3.35. The van der Waals surface area contributed by atoms with E-state index in [1.165, 1.54) is 5.69 Å². The predicted octanol–water partition coefficient (Wildman–Crippen LogP) is 3.51. The first-order chi connectivity index (χ1) is 16.7. The number of piperazine rings is 1. The molecule has 0 atom stereocenters. The van der Waals surface area contributed by atoms with Gasteiger partial charge in [-0.2, -0.15) is 4.98 Å². The zero-order valence-corrected chi connectivity index (χ0v) is 19.7. The first-order valence-corrected chi connectivity index (χ1v) is 11.9. The van der Waals surface area contributed by atoms with Gasteiger partial charge in [-0.3, -0.25) is 4.57 Å². The summed E-state index contributed by atoms with van der Waals surface area (Å²) in [6.45, 7) is 5.83. The molecule has 0 radical (unpaired) electrons. The second-order valence-electron chi connectivity index (χ2n) is 8.67. The van der Waals surface area contributed by atoms with Gasteiger partial charge in [-0.05, 0) is 37.4 Å². The lowest BCUT2D eigenvalue weighted by molar-refractivity contribution is 0.313. The molecule has 1 fully saturated rings. The molecule has 9 heteroatoms. The maximum atomic E-state index is 6.55. The van der Waals surface area contributed by atoms with Crippen LogP contribution in [0.25, 0.3) is 22.6 Å². The van der Waals surface area contributed by atoms with Crippen LogP contribution in [-0.4, -0.2) is 64.2 Å². The summed E-state index contributed by atoms with van der Waals surface area (Å²) < 4.78 is 2.08. The Morgan fingerprint density at radius 3 is 2.50 bits per heavy atom. The minimum absolute atomic E-state index is 0.405. The predicted molar refractivity (Wildman–Crippen MR) is 135 cm³/mol.